The molecule has 0 spiro atoms. The fourth-order valence-electron chi connectivity index (χ4n) is 4.17. The van der Waals surface area contributed by atoms with E-state index in [2.05, 4.69) is 26.5 Å². The Balaban J connectivity index is 1.43. The molecule has 5 rings (SSSR count). The zero-order chi connectivity index (χ0) is 24.4. The van der Waals surface area contributed by atoms with Gasteiger partial charge in [-0.25, -0.2) is 10.4 Å². The largest absolute Gasteiger partial charge is 0.272 e. The second kappa shape index (κ2) is 10.5. The molecule has 35 heavy (non-hydrogen) atoms. The second-order valence-corrected chi connectivity index (χ2v) is 11.2. The average Bonchev–Trinajstić information content (AvgIpc) is 3.25. The van der Waals surface area contributed by atoms with Crippen molar-refractivity contribution in [2.45, 2.75) is 37.8 Å². The topological polar surface area (TPSA) is 76.3 Å². The normalized spacial score (nSPS) is 13.6. The van der Waals surface area contributed by atoms with Crippen molar-refractivity contribution < 1.29 is 4.79 Å². The first-order valence-electron chi connectivity index (χ1n) is 11.4. The third-order valence-corrected chi connectivity index (χ3v) is 8.51. The number of aryl methyl sites for hydroxylation is 2. The van der Waals surface area contributed by atoms with Gasteiger partial charge in [0.25, 0.3) is 11.5 Å². The molecule has 0 radical (unpaired) electrons. The zero-order valence-corrected chi connectivity index (χ0v) is 22.3. The molecule has 1 N–H and O–H groups in total. The fraction of sp³-hybridized carbons (Fsp3) is 0.231. The standard InChI is InChI=1S/C26H23BrN4O2S2/c1-16(17-8-7-9-18(27)14-17)29-30-22(32)15-34-26-28-24-23(20-12-5-6-13-21(20)35-24)25(33)31(26)19-10-3-2-4-11-19/h2-4,7-11,14H,5-6,12-13,15H2,1H3,(H,30,32)/b29-16-. The number of hydrazone groups is 1. The first-order chi connectivity index (χ1) is 17.0. The molecular weight excluding hydrogens is 544 g/mol. The number of thiophene rings is 1. The number of carbonyl (C=O) groups is 1. The Morgan fingerprint density at radius 2 is 1.97 bits per heavy atom. The molecule has 0 saturated carbocycles. The molecule has 0 unspecified atom stereocenters. The van der Waals surface area contributed by atoms with Gasteiger partial charge in [0, 0.05) is 9.35 Å². The molecule has 0 aliphatic heterocycles. The minimum Gasteiger partial charge on any atom is -0.272 e. The zero-order valence-electron chi connectivity index (χ0n) is 19.1. The molecule has 0 bridgehead atoms. The first-order valence-corrected chi connectivity index (χ1v) is 14.0. The third kappa shape index (κ3) is 5.12. The van der Waals surface area contributed by atoms with Gasteiger partial charge in [-0.05, 0) is 68.0 Å². The van der Waals surface area contributed by atoms with Crippen LogP contribution in [-0.2, 0) is 17.6 Å². The summed E-state index contributed by atoms with van der Waals surface area (Å²) >= 11 is 6.31. The summed E-state index contributed by atoms with van der Waals surface area (Å²) in [5, 5.41) is 5.48. The number of aromatic nitrogens is 2. The molecule has 0 fully saturated rings. The molecule has 4 aromatic rings. The molecule has 2 aromatic heterocycles. The molecular formula is C26H23BrN4O2S2. The van der Waals surface area contributed by atoms with Gasteiger partial charge in [-0.1, -0.05) is 58.0 Å². The lowest BCUT2D eigenvalue weighted by molar-refractivity contribution is -0.118. The van der Waals surface area contributed by atoms with Gasteiger partial charge in [-0.15, -0.1) is 11.3 Å². The summed E-state index contributed by atoms with van der Waals surface area (Å²) in [4.78, 5) is 33.2. The van der Waals surface area contributed by atoms with E-state index < -0.39 is 0 Å². The van der Waals surface area contributed by atoms with Crippen LogP contribution in [0.15, 0.2) is 74.1 Å². The number of para-hydroxylation sites is 1. The van der Waals surface area contributed by atoms with Crippen molar-refractivity contribution >= 4 is 60.9 Å². The Kier molecular flexibility index (Phi) is 7.17. The number of amides is 1. The second-order valence-electron chi connectivity index (χ2n) is 8.29. The van der Waals surface area contributed by atoms with E-state index in [1.807, 2.05) is 61.5 Å². The van der Waals surface area contributed by atoms with Crippen molar-refractivity contribution in [2.75, 3.05) is 5.75 Å². The summed E-state index contributed by atoms with van der Waals surface area (Å²) in [5.74, 6) is -0.172. The number of nitrogens with one attached hydrogen (secondary N) is 1. The van der Waals surface area contributed by atoms with E-state index in [-0.39, 0.29) is 17.2 Å². The van der Waals surface area contributed by atoms with Gasteiger partial charge < -0.3 is 0 Å². The molecule has 2 aromatic carbocycles. The minimum atomic E-state index is -0.260. The van der Waals surface area contributed by atoms with Crippen molar-refractivity contribution in [1.82, 2.24) is 15.0 Å². The quantitative estimate of drug-likeness (QED) is 0.140. The highest BCUT2D eigenvalue weighted by Gasteiger charge is 2.23. The van der Waals surface area contributed by atoms with Crippen LogP contribution in [0.3, 0.4) is 0 Å². The third-order valence-electron chi connectivity index (χ3n) is 5.90. The summed E-state index contributed by atoms with van der Waals surface area (Å²) in [6.07, 6.45) is 4.17. The number of halogens is 1. The van der Waals surface area contributed by atoms with Crippen LogP contribution < -0.4 is 11.0 Å². The number of hydrogen-bond acceptors (Lipinski definition) is 6. The molecule has 9 heteroatoms. The number of carbonyl (C=O) groups excluding carboxylic acids is 1. The molecule has 2 heterocycles. The monoisotopic (exact) mass is 566 g/mol. The SMILES string of the molecule is C/C(=N/NC(=O)CSc1nc2sc3c(c2c(=O)n1-c1ccccc1)CCCC3)c1cccc(Br)c1. The van der Waals surface area contributed by atoms with Crippen LogP contribution in [0.25, 0.3) is 15.9 Å². The number of rotatable bonds is 6. The Bertz CT molecular complexity index is 1490. The van der Waals surface area contributed by atoms with Crippen molar-refractivity contribution in [3.63, 3.8) is 0 Å². The van der Waals surface area contributed by atoms with E-state index in [1.54, 1.807) is 15.9 Å². The van der Waals surface area contributed by atoms with Crippen LogP contribution >= 0.6 is 39.0 Å². The summed E-state index contributed by atoms with van der Waals surface area (Å²) in [6.45, 7) is 1.84. The van der Waals surface area contributed by atoms with Crippen LogP contribution in [-0.4, -0.2) is 26.9 Å². The predicted octanol–water partition coefficient (Wildman–Crippen LogP) is 5.72. The van der Waals surface area contributed by atoms with Crippen molar-refractivity contribution in [3.8, 4) is 5.69 Å². The summed E-state index contributed by atoms with van der Waals surface area (Å²) in [6, 6.07) is 17.2. The van der Waals surface area contributed by atoms with E-state index in [0.717, 1.165) is 57.2 Å². The fourth-order valence-corrected chi connectivity index (χ4v) is 6.68. The van der Waals surface area contributed by atoms with E-state index >= 15 is 0 Å². The van der Waals surface area contributed by atoms with Gasteiger partial charge in [0.05, 0.1) is 22.5 Å². The maximum absolute atomic E-state index is 13.7. The molecule has 1 aliphatic rings. The van der Waals surface area contributed by atoms with Gasteiger partial charge >= 0.3 is 0 Å². The maximum Gasteiger partial charge on any atom is 0.267 e. The molecule has 6 nitrogen and oxygen atoms in total. The molecule has 1 aliphatic carbocycles. The van der Waals surface area contributed by atoms with Crippen LogP contribution in [0.2, 0.25) is 0 Å². The van der Waals surface area contributed by atoms with Gasteiger partial charge in [-0.2, -0.15) is 5.10 Å². The number of nitrogens with zero attached hydrogens (tertiary/aromatic N) is 3. The minimum absolute atomic E-state index is 0.0629. The van der Waals surface area contributed by atoms with Crippen LogP contribution in [0, 0.1) is 0 Å². The summed E-state index contributed by atoms with van der Waals surface area (Å²) < 4.78 is 2.58. The van der Waals surface area contributed by atoms with Crippen molar-refractivity contribution in [2.24, 2.45) is 5.10 Å². The summed E-state index contributed by atoms with van der Waals surface area (Å²) in [7, 11) is 0. The Morgan fingerprint density at radius 1 is 1.17 bits per heavy atom. The van der Waals surface area contributed by atoms with E-state index in [4.69, 9.17) is 4.98 Å². The highest BCUT2D eigenvalue weighted by atomic mass is 79.9. The predicted molar refractivity (Wildman–Crippen MR) is 147 cm³/mol. The van der Waals surface area contributed by atoms with Gasteiger partial charge in [-0.3, -0.25) is 14.2 Å². The van der Waals surface area contributed by atoms with E-state index in [0.29, 0.717) is 10.9 Å². The molecule has 1 amide bonds. The Hall–Kier alpha value is -2.75. The highest BCUT2D eigenvalue weighted by Crippen LogP contribution is 2.35. The Labute approximate surface area is 219 Å². The molecule has 0 atom stereocenters. The summed E-state index contributed by atoms with van der Waals surface area (Å²) in [5.41, 5.74) is 6.08. The Morgan fingerprint density at radius 3 is 2.77 bits per heavy atom. The first kappa shape index (κ1) is 24.0. The van der Waals surface area contributed by atoms with Gasteiger partial charge in [0.2, 0.25) is 0 Å². The number of hydrogen-bond donors (Lipinski definition) is 1. The highest BCUT2D eigenvalue weighted by molar-refractivity contribution is 9.10. The van der Waals surface area contributed by atoms with Crippen molar-refractivity contribution in [1.29, 1.82) is 0 Å². The molecule has 0 saturated heterocycles. The number of thioether (sulfide) groups is 1. The number of fused-ring (bicyclic) bond motifs is 3. The maximum atomic E-state index is 13.7. The van der Waals surface area contributed by atoms with Gasteiger partial charge in [0.15, 0.2) is 5.16 Å². The van der Waals surface area contributed by atoms with Crippen LogP contribution in [0.1, 0.15) is 35.8 Å². The van der Waals surface area contributed by atoms with Crippen LogP contribution in [0.4, 0.5) is 0 Å². The van der Waals surface area contributed by atoms with E-state index in [1.165, 1.54) is 16.6 Å². The van der Waals surface area contributed by atoms with Crippen molar-refractivity contribution in [3.05, 3.63) is 85.4 Å². The number of benzene rings is 2. The average molecular weight is 568 g/mol. The lowest BCUT2D eigenvalue weighted by Gasteiger charge is -2.13. The molecule has 178 valence electrons. The van der Waals surface area contributed by atoms with Gasteiger partial charge in [0.1, 0.15) is 4.83 Å². The van der Waals surface area contributed by atoms with Crippen LogP contribution in [0.5, 0.6) is 0 Å². The lowest BCUT2D eigenvalue weighted by atomic mass is 9.97. The van der Waals surface area contributed by atoms with E-state index in [9.17, 15) is 9.59 Å². The lowest BCUT2D eigenvalue weighted by Crippen LogP contribution is -2.24. The smallest absolute Gasteiger partial charge is 0.267 e.